The molecule has 0 fully saturated rings. The van der Waals surface area contributed by atoms with Crippen molar-refractivity contribution in [1.29, 1.82) is 0 Å². The first-order chi connectivity index (χ1) is 6.07. The van der Waals surface area contributed by atoms with Crippen LogP contribution in [0.15, 0.2) is 12.1 Å². The number of nitrogens with zero attached hydrogens (tertiary/aromatic N) is 1. The third-order valence-electron chi connectivity index (χ3n) is 1.83. The van der Waals surface area contributed by atoms with Gasteiger partial charge in [0.1, 0.15) is 5.82 Å². The Morgan fingerprint density at radius 1 is 1.46 bits per heavy atom. The molecule has 0 aromatic heterocycles. The summed E-state index contributed by atoms with van der Waals surface area (Å²) in [6, 6.07) is 3.16. The lowest BCUT2D eigenvalue weighted by molar-refractivity contribution is 0.599. The van der Waals surface area contributed by atoms with Crippen LogP contribution in [0.25, 0.3) is 4.85 Å². The van der Waals surface area contributed by atoms with E-state index in [0.717, 1.165) is 0 Å². The maximum atomic E-state index is 13.4. The van der Waals surface area contributed by atoms with Crippen LogP contribution in [-0.2, 0) is 0 Å². The van der Waals surface area contributed by atoms with Crippen LogP contribution in [0.4, 0.5) is 10.1 Å². The monoisotopic (exact) mass is 197 g/mol. The third kappa shape index (κ3) is 1.81. The molecule has 1 rings (SSSR count). The Labute approximate surface area is 82.0 Å². The molecule has 0 bridgehead atoms. The van der Waals surface area contributed by atoms with Crippen molar-refractivity contribution in [3.63, 3.8) is 0 Å². The van der Waals surface area contributed by atoms with E-state index in [-0.39, 0.29) is 16.6 Å². The van der Waals surface area contributed by atoms with Gasteiger partial charge in [0.15, 0.2) is 0 Å². The lowest BCUT2D eigenvalue weighted by atomic mass is 10.0. The average Bonchev–Trinajstić information content (AvgIpc) is 2.09. The fourth-order valence-corrected chi connectivity index (χ4v) is 1.30. The number of hydrogen-bond acceptors (Lipinski definition) is 0. The molecule has 0 aliphatic carbocycles. The largest absolute Gasteiger partial charge is 0.236 e. The number of rotatable bonds is 1. The molecule has 0 spiro atoms. The van der Waals surface area contributed by atoms with Crippen molar-refractivity contribution in [2.75, 3.05) is 0 Å². The molecule has 13 heavy (non-hydrogen) atoms. The number of hydrogen-bond donors (Lipinski definition) is 0. The summed E-state index contributed by atoms with van der Waals surface area (Å²) in [5.41, 5.74) is 0.723. The first-order valence-corrected chi connectivity index (χ1v) is 4.31. The maximum absolute atomic E-state index is 13.4. The Balaban J connectivity index is 3.33. The molecular weight excluding hydrogens is 189 g/mol. The Kier molecular flexibility index (Phi) is 2.90. The second-order valence-corrected chi connectivity index (χ2v) is 3.45. The summed E-state index contributed by atoms with van der Waals surface area (Å²) in [5.74, 6) is -0.387. The average molecular weight is 198 g/mol. The quantitative estimate of drug-likeness (QED) is 0.596. The Morgan fingerprint density at radius 2 is 2.08 bits per heavy atom. The minimum atomic E-state index is -0.467. The van der Waals surface area contributed by atoms with Crippen LogP contribution in [0.3, 0.4) is 0 Å². The van der Waals surface area contributed by atoms with Crippen LogP contribution in [-0.4, -0.2) is 0 Å². The highest BCUT2D eigenvalue weighted by Crippen LogP contribution is 2.32. The van der Waals surface area contributed by atoms with Crippen LogP contribution in [0.5, 0.6) is 0 Å². The molecule has 1 aromatic carbocycles. The van der Waals surface area contributed by atoms with Gasteiger partial charge >= 0.3 is 0 Å². The van der Waals surface area contributed by atoms with E-state index in [4.69, 9.17) is 18.2 Å². The Hall–Kier alpha value is -1.07. The van der Waals surface area contributed by atoms with Crippen molar-refractivity contribution in [3.8, 4) is 0 Å². The summed E-state index contributed by atoms with van der Waals surface area (Å²) in [4.78, 5) is 3.11. The molecule has 0 saturated carbocycles. The van der Waals surface area contributed by atoms with Gasteiger partial charge in [0.2, 0.25) is 5.69 Å². The van der Waals surface area contributed by atoms with Crippen molar-refractivity contribution in [2.24, 2.45) is 0 Å². The molecule has 0 unspecified atom stereocenters. The van der Waals surface area contributed by atoms with Gasteiger partial charge < -0.3 is 0 Å². The molecule has 0 radical (unpaired) electrons. The molecule has 0 aliphatic rings. The number of benzene rings is 1. The van der Waals surface area contributed by atoms with Gasteiger partial charge in [-0.25, -0.2) is 9.24 Å². The van der Waals surface area contributed by atoms with Gasteiger partial charge in [-0.1, -0.05) is 37.6 Å². The molecule has 1 nitrogen and oxygen atoms in total. The highest BCUT2D eigenvalue weighted by atomic mass is 35.5. The second kappa shape index (κ2) is 3.76. The Bertz CT molecular complexity index is 366. The highest BCUT2D eigenvalue weighted by molar-refractivity contribution is 6.33. The van der Waals surface area contributed by atoms with E-state index in [2.05, 4.69) is 4.85 Å². The zero-order valence-electron chi connectivity index (χ0n) is 7.44. The summed E-state index contributed by atoms with van der Waals surface area (Å²) >= 11 is 5.65. The summed E-state index contributed by atoms with van der Waals surface area (Å²) in [7, 11) is 0. The zero-order chi connectivity index (χ0) is 10.0. The van der Waals surface area contributed by atoms with E-state index < -0.39 is 5.82 Å². The maximum Gasteiger partial charge on any atom is 0.208 e. The van der Waals surface area contributed by atoms with Crippen LogP contribution >= 0.6 is 11.6 Å². The fraction of sp³-hybridized carbons (Fsp3) is 0.300. The van der Waals surface area contributed by atoms with Gasteiger partial charge in [-0.3, -0.25) is 0 Å². The molecule has 0 atom stereocenters. The van der Waals surface area contributed by atoms with E-state index in [9.17, 15) is 4.39 Å². The molecular formula is C10H9ClFN. The van der Waals surface area contributed by atoms with Crippen LogP contribution < -0.4 is 0 Å². The summed E-state index contributed by atoms with van der Waals surface area (Å²) < 4.78 is 13.4. The number of halogens is 2. The molecule has 0 amide bonds. The normalized spacial score (nSPS) is 10.2. The van der Waals surface area contributed by atoms with Crippen molar-refractivity contribution in [2.45, 2.75) is 19.8 Å². The lowest BCUT2D eigenvalue weighted by Gasteiger charge is -2.08. The van der Waals surface area contributed by atoms with E-state index in [1.165, 1.54) is 0 Å². The standard InChI is InChI=1S/C10H9ClFN/c1-6(2)7-4-5-8(13-3)9(11)10(7)12/h4-6H,1-2H3. The van der Waals surface area contributed by atoms with Gasteiger partial charge in [0.25, 0.3) is 0 Å². The molecule has 1 aromatic rings. The predicted molar refractivity (Wildman–Crippen MR) is 51.8 cm³/mol. The van der Waals surface area contributed by atoms with E-state index >= 15 is 0 Å². The summed E-state index contributed by atoms with van der Waals surface area (Å²) in [6.07, 6.45) is 0. The lowest BCUT2D eigenvalue weighted by Crippen LogP contribution is -1.93. The summed E-state index contributed by atoms with van der Waals surface area (Å²) in [5, 5.41) is -0.0683. The van der Waals surface area contributed by atoms with E-state index in [1.807, 2.05) is 13.8 Å². The molecule has 0 aliphatic heterocycles. The molecule has 0 heterocycles. The predicted octanol–water partition coefficient (Wildman–Crippen LogP) is 4.15. The topological polar surface area (TPSA) is 4.36 Å². The fourth-order valence-electron chi connectivity index (χ4n) is 1.09. The first-order valence-electron chi connectivity index (χ1n) is 3.93. The SMILES string of the molecule is [C-]#[N+]c1ccc(C(C)C)c(F)c1Cl. The second-order valence-electron chi connectivity index (χ2n) is 3.07. The van der Waals surface area contributed by atoms with Gasteiger partial charge in [0.05, 0.1) is 11.6 Å². The molecule has 68 valence electrons. The Morgan fingerprint density at radius 3 is 2.54 bits per heavy atom. The van der Waals surface area contributed by atoms with Gasteiger partial charge in [-0.15, -0.1) is 0 Å². The van der Waals surface area contributed by atoms with Crippen LogP contribution in [0.2, 0.25) is 5.02 Å². The molecule has 0 N–H and O–H groups in total. The van der Waals surface area contributed by atoms with Gasteiger partial charge in [0, 0.05) is 0 Å². The molecule has 3 heteroatoms. The van der Waals surface area contributed by atoms with E-state index in [1.54, 1.807) is 12.1 Å². The van der Waals surface area contributed by atoms with Crippen molar-refractivity contribution < 1.29 is 4.39 Å². The molecule has 0 saturated heterocycles. The van der Waals surface area contributed by atoms with Crippen molar-refractivity contribution >= 4 is 17.3 Å². The van der Waals surface area contributed by atoms with Crippen LogP contribution in [0, 0.1) is 12.4 Å². The van der Waals surface area contributed by atoms with Gasteiger partial charge in [-0.2, -0.15) is 0 Å². The van der Waals surface area contributed by atoms with Gasteiger partial charge in [-0.05, 0) is 11.5 Å². The van der Waals surface area contributed by atoms with Crippen molar-refractivity contribution in [1.82, 2.24) is 0 Å². The van der Waals surface area contributed by atoms with Crippen LogP contribution in [0.1, 0.15) is 25.3 Å². The highest BCUT2D eigenvalue weighted by Gasteiger charge is 2.13. The summed E-state index contributed by atoms with van der Waals surface area (Å²) in [6.45, 7) is 10.5. The zero-order valence-corrected chi connectivity index (χ0v) is 8.19. The smallest absolute Gasteiger partial charge is 0.208 e. The minimum Gasteiger partial charge on any atom is -0.236 e. The van der Waals surface area contributed by atoms with E-state index in [0.29, 0.717) is 5.56 Å². The van der Waals surface area contributed by atoms with Crippen molar-refractivity contribution in [3.05, 3.63) is 40.0 Å². The third-order valence-corrected chi connectivity index (χ3v) is 2.19. The first kappa shape index (κ1) is 10.0. The minimum absolute atomic E-state index is 0.0683.